The van der Waals surface area contributed by atoms with Gasteiger partial charge in [-0.1, -0.05) is 26.0 Å². The highest BCUT2D eigenvalue weighted by molar-refractivity contribution is 5.94. The number of aliphatic imine (C=N–C) groups is 1. The SMILES string of the molecule is CC(C)C[C@@H](NC(=O)CNC(=O)[C@H](C)NC(=O)[C@H](Cc1ccc(OC(=O)OC(C)(C)C)cc1)NC(=O)OC(C)(C)C)C(=O)N[C@@H](CCCN=C(N)N)C(=O)O. The highest BCUT2D eigenvalue weighted by Crippen LogP contribution is 2.17. The minimum Gasteiger partial charge on any atom is -0.480 e. The van der Waals surface area contributed by atoms with E-state index >= 15 is 0 Å². The zero-order chi connectivity index (χ0) is 42.1. The number of nitrogens with two attached hydrogens (primary N) is 2. The number of benzene rings is 1. The standard InChI is InChI=1S/C36H58N8O11/c1-20(2)17-25(30(48)43-24(31(49)50)11-10-16-39-32(37)38)42-27(45)19-40-28(46)21(3)41-29(47)26(44-33(51)54-35(4,5)6)18-22-12-14-23(15-13-22)53-34(52)55-36(7,8)9/h12-15,20-21,24-26H,10-11,16-19H2,1-9H3,(H,40,46)(H,41,47)(H,42,45)(H,43,48)(H,44,51)(H,49,50)(H4,37,38,39)/t21-,24-,25+,26-/m0/s1. The highest BCUT2D eigenvalue weighted by Gasteiger charge is 2.29. The summed E-state index contributed by atoms with van der Waals surface area (Å²) in [6, 6.07) is 1.35. The second-order valence-corrected chi connectivity index (χ2v) is 15.2. The van der Waals surface area contributed by atoms with Crippen molar-refractivity contribution >= 4 is 47.8 Å². The Hall–Kier alpha value is -5.62. The molecule has 1 aromatic carbocycles. The Labute approximate surface area is 321 Å². The first kappa shape index (κ1) is 47.4. The molecule has 10 N–H and O–H groups in total. The third-order valence-electron chi connectivity index (χ3n) is 7.06. The lowest BCUT2D eigenvalue weighted by Crippen LogP contribution is -2.55. The van der Waals surface area contributed by atoms with E-state index < -0.39 is 83.8 Å². The number of carbonyl (C=O) groups excluding carboxylic acids is 6. The monoisotopic (exact) mass is 778 g/mol. The maximum Gasteiger partial charge on any atom is 0.514 e. The average Bonchev–Trinajstić information content (AvgIpc) is 3.02. The predicted molar refractivity (Wildman–Crippen MR) is 202 cm³/mol. The molecule has 0 spiro atoms. The van der Waals surface area contributed by atoms with Crippen molar-refractivity contribution in [1.82, 2.24) is 26.6 Å². The number of nitrogens with zero attached hydrogens (tertiary/aromatic N) is 1. The number of ether oxygens (including phenoxy) is 3. The lowest BCUT2D eigenvalue weighted by atomic mass is 10.0. The molecule has 5 amide bonds. The van der Waals surface area contributed by atoms with Crippen molar-refractivity contribution in [2.45, 2.75) is 123 Å². The van der Waals surface area contributed by atoms with Crippen molar-refractivity contribution < 1.29 is 52.9 Å². The lowest BCUT2D eigenvalue weighted by Gasteiger charge is -2.25. The van der Waals surface area contributed by atoms with Crippen LogP contribution >= 0.6 is 0 Å². The van der Waals surface area contributed by atoms with E-state index in [0.29, 0.717) is 5.56 Å². The van der Waals surface area contributed by atoms with Gasteiger partial charge in [-0.25, -0.2) is 14.4 Å². The van der Waals surface area contributed by atoms with E-state index in [1.807, 2.05) is 13.8 Å². The molecule has 0 unspecified atom stereocenters. The fraction of sp³-hybridized carbons (Fsp3) is 0.611. The quantitative estimate of drug-likeness (QED) is 0.0323. The molecule has 19 nitrogen and oxygen atoms in total. The molecule has 55 heavy (non-hydrogen) atoms. The van der Waals surface area contributed by atoms with Crippen LogP contribution in [0, 0.1) is 5.92 Å². The van der Waals surface area contributed by atoms with Crippen LogP contribution in [0.4, 0.5) is 9.59 Å². The predicted octanol–water partition coefficient (Wildman–Crippen LogP) is 1.21. The maximum atomic E-state index is 13.4. The third-order valence-corrected chi connectivity index (χ3v) is 7.06. The second-order valence-electron chi connectivity index (χ2n) is 15.2. The van der Waals surface area contributed by atoms with Gasteiger partial charge in [-0.05, 0) is 91.3 Å². The van der Waals surface area contributed by atoms with Gasteiger partial charge in [0, 0.05) is 13.0 Å². The Kier molecular flexibility index (Phi) is 18.9. The number of alkyl carbamates (subject to hydrolysis) is 1. The first-order valence-electron chi connectivity index (χ1n) is 17.8. The Morgan fingerprint density at radius 2 is 1.35 bits per heavy atom. The first-order valence-corrected chi connectivity index (χ1v) is 17.8. The average molecular weight is 779 g/mol. The van der Waals surface area contributed by atoms with Gasteiger partial charge in [0.05, 0.1) is 6.54 Å². The van der Waals surface area contributed by atoms with Crippen LogP contribution < -0.4 is 42.8 Å². The van der Waals surface area contributed by atoms with Crippen LogP contribution in [0.3, 0.4) is 0 Å². The summed E-state index contributed by atoms with van der Waals surface area (Å²) in [5.74, 6) is -4.27. The normalized spacial score (nSPS) is 13.5. The van der Waals surface area contributed by atoms with E-state index in [2.05, 4.69) is 31.6 Å². The number of hydrogen-bond donors (Lipinski definition) is 8. The minimum atomic E-state index is -1.28. The maximum absolute atomic E-state index is 13.4. The summed E-state index contributed by atoms with van der Waals surface area (Å²) in [6.45, 7) is 14.6. The van der Waals surface area contributed by atoms with Crippen molar-refractivity contribution in [3.05, 3.63) is 29.8 Å². The topological polar surface area (TPSA) is 292 Å². The molecule has 0 aliphatic heterocycles. The summed E-state index contributed by atoms with van der Waals surface area (Å²) in [5.41, 5.74) is 9.50. The third kappa shape index (κ3) is 21.0. The molecule has 0 saturated heterocycles. The molecule has 0 saturated carbocycles. The zero-order valence-corrected chi connectivity index (χ0v) is 33.1. The van der Waals surface area contributed by atoms with E-state index in [4.69, 9.17) is 25.7 Å². The molecular formula is C36H58N8O11. The van der Waals surface area contributed by atoms with Crippen LogP contribution in [0.1, 0.15) is 87.1 Å². The van der Waals surface area contributed by atoms with E-state index in [-0.39, 0.29) is 49.9 Å². The van der Waals surface area contributed by atoms with Crippen LogP contribution in [-0.2, 0) is 39.9 Å². The highest BCUT2D eigenvalue weighted by atomic mass is 16.7. The number of guanidine groups is 1. The van der Waals surface area contributed by atoms with E-state index in [0.717, 1.165) is 0 Å². The summed E-state index contributed by atoms with van der Waals surface area (Å²) in [7, 11) is 0. The van der Waals surface area contributed by atoms with Crippen molar-refractivity contribution in [2.24, 2.45) is 22.4 Å². The van der Waals surface area contributed by atoms with Crippen molar-refractivity contribution in [3.63, 3.8) is 0 Å². The fourth-order valence-electron chi connectivity index (χ4n) is 4.64. The van der Waals surface area contributed by atoms with E-state index in [1.54, 1.807) is 53.7 Å². The van der Waals surface area contributed by atoms with Crippen LogP contribution in [0.5, 0.6) is 5.75 Å². The van der Waals surface area contributed by atoms with Crippen molar-refractivity contribution in [1.29, 1.82) is 0 Å². The first-order chi connectivity index (χ1) is 25.3. The molecule has 19 heteroatoms. The Balaban J connectivity index is 2.93. The van der Waals surface area contributed by atoms with Crippen LogP contribution in [0.2, 0.25) is 0 Å². The van der Waals surface area contributed by atoms with Crippen LogP contribution in [0.25, 0.3) is 0 Å². The van der Waals surface area contributed by atoms with Gasteiger partial charge in [-0.15, -0.1) is 0 Å². The molecule has 4 atom stereocenters. The molecule has 0 aliphatic carbocycles. The van der Waals surface area contributed by atoms with Crippen LogP contribution in [0.15, 0.2) is 29.3 Å². The summed E-state index contributed by atoms with van der Waals surface area (Å²) in [4.78, 5) is 92.4. The number of carboxylic acids is 1. The van der Waals surface area contributed by atoms with Crippen LogP contribution in [-0.4, -0.2) is 101 Å². The molecule has 1 aromatic rings. The van der Waals surface area contributed by atoms with E-state index in [9.17, 15) is 38.7 Å². The Bertz CT molecular complexity index is 1510. The van der Waals surface area contributed by atoms with Gasteiger partial charge >= 0.3 is 18.2 Å². The molecule has 0 radical (unpaired) electrons. The Morgan fingerprint density at radius 3 is 1.87 bits per heavy atom. The van der Waals surface area contributed by atoms with Crippen molar-refractivity contribution in [2.75, 3.05) is 13.1 Å². The smallest absolute Gasteiger partial charge is 0.480 e. The number of carbonyl (C=O) groups is 7. The fourth-order valence-corrected chi connectivity index (χ4v) is 4.64. The van der Waals surface area contributed by atoms with E-state index in [1.165, 1.54) is 19.1 Å². The largest absolute Gasteiger partial charge is 0.514 e. The van der Waals surface area contributed by atoms with Gasteiger partial charge in [0.2, 0.25) is 23.6 Å². The number of nitrogens with one attached hydrogen (secondary N) is 5. The van der Waals surface area contributed by atoms with Gasteiger partial charge in [0.25, 0.3) is 0 Å². The molecule has 0 fully saturated rings. The lowest BCUT2D eigenvalue weighted by molar-refractivity contribution is -0.142. The summed E-state index contributed by atoms with van der Waals surface area (Å²) in [5, 5.41) is 22.0. The molecule has 0 heterocycles. The number of amides is 5. The number of carboxylic acid groups (broad SMARTS) is 1. The van der Waals surface area contributed by atoms with Crippen molar-refractivity contribution in [3.8, 4) is 5.75 Å². The van der Waals surface area contributed by atoms with Gasteiger partial charge in [-0.3, -0.25) is 24.2 Å². The molecule has 308 valence electrons. The van der Waals surface area contributed by atoms with Gasteiger partial charge in [-0.2, -0.15) is 0 Å². The molecule has 0 aromatic heterocycles. The zero-order valence-electron chi connectivity index (χ0n) is 33.1. The summed E-state index contributed by atoms with van der Waals surface area (Å²) >= 11 is 0. The van der Waals surface area contributed by atoms with Gasteiger partial charge in [0.1, 0.15) is 41.1 Å². The van der Waals surface area contributed by atoms with Gasteiger partial charge in [0.15, 0.2) is 5.96 Å². The molecule has 0 aliphatic rings. The minimum absolute atomic E-state index is 0.0328. The molecule has 0 bridgehead atoms. The molecular weight excluding hydrogens is 720 g/mol. The number of rotatable bonds is 19. The number of aliphatic carboxylic acids is 1. The molecule has 1 rings (SSSR count). The Morgan fingerprint density at radius 1 is 0.764 bits per heavy atom. The second kappa shape index (κ2) is 21.9. The van der Waals surface area contributed by atoms with Gasteiger partial charge < -0.3 is 57.4 Å². The summed E-state index contributed by atoms with van der Waals surface area (Å²) < 4.78 is 15.6. The summed E-state index contributed by atoms with van der Waals surface area (Å²) in [6.07, 6.45) is -1.35. The number of hydrogen-bond acceptors (Lipinski definition) is 11.